The minimum Gasteiger partial charge on any atom is -0.392 e. The molecule has 0 aliphatic rings. The van der Waals surface area contributed by atoms with E-state index < -0.39 is 0 Å². The fourth-order valence-electron chi connectivity index (χ4n) is 2.02. The van der Waals surface area contributed by atoms with E-state index in [4.69, 9.17) is 5.11 Å². The highest BCUT2D eigenvalue weighted by Crippen LogP contribution is 2.17. The Labute approximate surface area is 107 Å². The molecule has 0 spiro atoms. The lowest BCUT2D eigenvalue weighted by Crippen LogP contribution is -2.04. The predicted molar refractivity (Wildman–Crippen MR) is 70.8 cm³/mol. The Balaban J connectivity index is 2.50. The topological polar surface area (TPSA) is 50.9 Å². The summed E-state index contributed by atoms with van der Waals surface area (Å²) in [6.07, 6.45) is 1.70. The Hall–Kier alpha value is -1.68. The molecule has 1 N–H and O–H groups in total. The molecule has 0 fully saturated rings. The van der Waals surface area contributed by atoms with Crippen LogP contribution in [-0.4, -0.2) is 19.9 Å². The quantitative estimate of drug-likeness (QED) is 0.898. The fourth-order valence-corrected chi connectivity index (χ4v) is 2.02. The largest absolute Gasteiger partial charge is 0.392 e. The van der Waals surface area contributed by atoms with E-state index in [1.54, 1.807) is 0 Å². The van der Waals surface area contributed by atoms with E-state index in [2.05, 4.69) is 23.9 Å². The molecule has 1 aromatic heterocycles. The maximum atomic E-state index is 9.13. The van der Waals surface area contributed by atoms with Crippen LogP contribution < -0.4 is 0 Å². The molecule has 1 aromatic carbocycles. The molecule has 0 saturated heterocycles. The summed E-state index contributed by atoms with van der Waals surface area (Å²) >= 11 is 0. The number of aliphatic hydroxyl groups excluding tert-OH is 1. The number of nitrogens with zero attached hydrogens (tertiary/aromatic N) is 3. The molecule has 18 heavy (non-hydrogen) atoms. The summed E-state index contributed by atoms with van der Waals surface area (Å²) in [5, 5.41) is 13.7. The molecule has 0 amide bonds. The third-order valence-electron chi connectivity index (χ3n) is 3.02. The fraction of sp³-hybridized carbons (Fsp3) is 0.429. The van der Waals surface area contributed by atoms with E-state index in [9.17, 15) is 0 Å². The van der Waals surface area contributed by atoms with Crippen molar-refractivity contribution in [1.82, 2.24) is 14.8 Å². The number of aryl methyl sites for hydroxylation is 3. The molecule has 0 radical (unpaired) electrons. The summed E-state index contributed by atoms with van der Waals surface area (Å²) < 4.78 is 1.91. The van der Waals surface area contributed by atoms with Crippen LogP contribution >= 0.6 is 0 Å². The monoisotopic (exact) mass is 245 g/mol. The van der Waals surface area contributed by atoms with E-state index in [0.29, 0.717) is 0 Å². The zero-order valence-electron chi connectivity index (χ0n) is 11.1. The minimum atomic E-state index is 0.0688. The molecule has 2 aromatic rings. The van der Waals surface area contributed by atoms with Gasteiger partial charge in [-0.25, -0.2) is 9.67 Å². The van der Waals surface area contributed by atoms with Gasteiger partial charge in [-0.1, -0.05) is 26.0 Å². The first kappa shape index (κ1) is 12.8. The van der Waals surface area contributed by atoms with Crippen LogP contribution in [0.15, 0.2) is 18.2 Å². The summed E-state index contributed by atoms with van der Waals surface area (Å²) in [5.74, 6) is 1.85. The normalized spacial score (nSPS) is 10.9. The van der Waals surface area contributed by atoms with Gasteiger partial charge in [0, 0.05) is 12.8 Å². The smallest absolute Gasteiger partial charge is 0.151 e. The first-order valence-electron chi connectivity index (χ1n) is 6.35. The van der Waals surface area contributed by atoms with Crippen molar-refractivity contribution in [1.29, 1.82) is 0 Å². The van der Waals surface area contributed by atoms with Gasteiger partial charge < -0.3 is 5.11 Å². The Morgan fingerprint density at radius 3 is 2.56 bits per heavy atom. The minimum absolute atomic E-state index is 0.0688. The highest BCUT2D eigenvalue weighted by Gasteiger charge is 2.11. The van der Waals surface area contributed by atoms with Crippen molar-refractivity contribution in [2.75, 3.05) is 0 Å². The molecule has 0 atom stereocenters. The second kappa shape index (κ2) is 5.31. The molecule has 0 saturated carbocycles. The summed E-state index contributed by atoms with van der Waals surface area (Å²) in [5.41, 5.74) is 3.06. The van der Waals surface area contributed by atoms with E-state index in [-0.39, 0.29) is 6.61 Å². The lowest BCUT2D eigenvalue weighted by molar-refractivity contribution is 0.282. The molecule has 2 rings (SSSR count). The molecule has 0 aliphatic carbocycles. The Kier molecular flexibility index (Phi) is 3.77. The molecule has 4 nitrogen and oxygen atoms in total. The summed E-state index contributed by atoms with van der Waals surface area (Å²) in [6, 6.07) is 5.91. The van der Waals surface area contributed by atoms with Gasteiger partial charge in [0.1, 0.15) is 5.82 Å². The highest BCUT2D eigenvalue weighted by molar-refractivity contribution is 5.42. The van der Waals surface area contributed by atoms with Gasteiger partial charge in [-0.2, -0.15) is 5.10 Å². The molecule has 4 heteroatoms. The maximum Gasteiger partial charge on any atom is 0.151 e. The lowest BCUT2D eigenvalue weighted by Gasteiger charge is -2.09. The van der Waals surface area contributed by atoms with Crippen LogP contribution in [0.1, 0.15) is 36.6 Å². The second-order valence-electron chi connectivity index (χ2n) is 4.34. The molecule has 96 valence electrons. The van der Waals surface area contributed by atoms with Crippen molar-refractivity contribution in [2.45, 2.75) is 40.2 Å². The van der Waals surface area contributed by atoms with Gasteiger partial charge in [0.2, 0.25) is 0 Å². The summed E-state index contributed by atoms with van der Waals surface area (Å²) in [4.78, 5) is 4.51. The Morgan fingerprint density at radius 2 is 2.00 bits per heavy atom. The molecule has 1 heterocycles. The third kappa shape index (κ3) is 2.29. The predicted octanol–water partition coefficient (Wildman–Crippen LogP) is 2.19. The van der Waals surface area contributed by atoms with Gasteiger partial charge in [-0.3, -0.25) is 0 Å². The Bertz CT molecular complexity index is 546. The highest BCUT2D eigenvalue weighted by atomic mass is 16.3. The van der Waals surface area contributed by atoms with Gasteiger partial charge in [-0.05, 0) is 24.1 Å². The maximum absolute atomic E-state index is 9.13. The van der Waals surface area contributed by atoms with Crippen LogP contribution in [0.25, 0.3) is 5.69 Å². The number of hydrogen-bond donors (Lipinski definition) is 1. The molecular formula is C14H19N3O. The van der Waals surface area contributed by atoms with Crippen molar-refractivity contribution in [3.05, 3.63) is 41.0 Å². The number of aliphatic hydroxyl groups is 1. The second-order valence-corrected chi connectivity index (χ2v) is 4.34. The van der Waals surface area contributed by atoms with Gasteiger partial charge in [0.15, 0.2) is 5.82 Å². The zero-order chi connectivity index (χ0) is 13.1. The average molecular weight is 245 g/mol. The van der Waals surface area contributed by atoms with Crippen LogP contribution in [0.4, 0.5) is 0 Å². The van der Waals surface area contributed by atoms with Gasteiger partial charge in [0.25, 0.3) is 0 Å². The Morgan fingerprint density at radius 1 is 1.22 bits per heavy atom. The zero-order valence-corrected chi connectivity index (χ0v) is 11.1. The first-order valence-corrected chi connectivity index (χ1v) is 6.35. The van der Waals surface area contributed by atoms with Crippen LogP contribution in [0.5, 0.6) is 0 Å². The van der Waals surface area contributed by atoms with Gasteiger partial charge in [-0.15, -0.1) is 0 Å². The van der Waals surface area contributed by atoms with Crippen LogP contribution in [0.2, 0.25) is 0 Å². The number of rotatable bonds is 4. The number of benzene rings is 1. The molecule has 0 aliphatic heterocycles. The van der Waals surface area contributed by atoms with E-state index in [1.165, 1.54) is 0 Å². The van der Waals surface area contributed by atoms with E-state index in [0.717, 1.165) is 41.3 Å². The van der Waals surface area contributed by atoms with Crippen molar-refractivity contribution in [3.63, 3.8) is 0 Å². The average Bonchev–Trinajstić information content (AvgIpc) is 2.81. The van der Waals surface area contributed by atoms with Crippen molar-refractivity contribution >= 4 is 0 Å². The summed E-state index contributed by atoms with van der Waals surface area (Å²) in [6.45, 7) is 6.23. The molecular weight excluding hydrogens is 226 g/mol. The van der Waals surface area contributed by atoms with Gasteiger partial charge in [0.05, 0.1) is 12.3 Å². The van der Waals surface area contributed by atoms with Crippen LogP contribution in [0.3, 0.4) is 0 Å². The van der Waals surface area contributed by atoms with E-state index in [1.807, 2.05) is 29.8 Å². The number of aromatic nitrogens is 3. The van der Waals surface area contributed by atoms with Crippen molar-refractivity contribution in [2.24, 2.45) is 0 Å². The van der Waals surface area contributed by atoms with Crippen molar-refractivity contribution < 1.29 is 5.11 Å². The van der Waals surface area contributed by atoms with Gasteiger partial charge >= 0.3 is 0 Å². The standard InChI is InChI=1S/C14H19N3O/c1-4-13-15-14(5-2)17(16-13)12-7-6-11(9-18)8-10(12)3/h6-8,18H,4-5,9H2,1-3H3. The van der Waals surface area contributed by atoms with E-state index >= 15 is 0 Å². The third-order valence-corrected chi connectivity index (χ3v) is 3.02. The lowest BCUT2D eigenvalue weighted by atomic mass is 10.1. The van der Waals surface area contributed by atoms with Crippen LogP contribution in [-0.2, 0) is 19.4 Å². The first-order chi connectivity index (χ1) is 8.69. The van der Waals surface area contributed by atoms with Crippen LogP contribution in [0, 0.1) is 6.92 Å². The molecule has 0 bridgehead atoms. The van der Waals surface area contributed by atoms with Crippen molar-refractivity contribution in [3.8, 4) is 5.69 Å². The number of hydrogen-bond acceptors (Lipinski definition) is 3. The summed E-state index contributed by atoms with van der Waals surface area (Å²) in [7, 11) is 0. The molecule has 0 unspecified atom stereocenters. The SMILES string of the molecule is CCc1nc(CC)n(-c2ccc(CO)cc2C)n1.